The third kappa shape index (κ3) is 19.7. The quantitative estimate of drug-likeness (QED) is 0.0598. The van der Waals surface area contributed by atoms with Gasteiger partial charge in [-0.05, 0) is 152 Å². The number of hydrogen-bond donors (Lipinski definition) is 3. The van der Waals surface area contributed by atoms with Crippen LogP contribution in [-0.4, -0.2) is 69.3 Å². The summed E-state index contributed by atoms with van der Waals surface area (Å²) in [7, 11) is 9.25. The number of fused-ring (bicyclic) bond motifs is 3. The van der Waals surface area contributed by atoms with Crippen LogP contribution >= 0.6 is 33.0 Å². The number of carboxylic acid groups (broad SMARTS) is 1. The number of rotatable bonds is 8. The maximum atomic E-state index is 11.8. The van der Waals surface area contributed by atoms with Crippen molar-refractivity contribution >= 4 is 62.5 Å². The van der Waals surface area contributed by atoms with Crippen LogP contribution in [0.4, 0.5) is 0 Å². The van der Waals surface area contributed by atoms with Crippen molar-refractivity contribution in [2.24, 2.45) is 7.05 Å². The molecule has 351 valence electrons. The summed E-state index contributed by atoms with van der Waals surface area (Å²) in [6.07, 6.45) is 17.2. The first-order chi connectivity index (χ1) is 30.4. The number of aromatic carboxylic acids is 1. The fraction of sp³-hybridized carbons (Fsp3) is 0.420. The number of alkyl halides is 1. The van der Waals surface area contributed by atoms with E-state index >= 15 is 0 Å². The van der Waals surface area contributed by atoms with Gasteiger partial charge in [-0.1, -0.05) is 62.0 Å². The van der Waals surface area contributed by atoms with Gasteiger partial charge in [0.25, 0.3) is 0 Å². The number of aliphatic hydroxyl groups excluding tert-OH is 1. The molecular formula is C50H63BCl3N2O8S. The fourth-order valence-electron chi connectivity index (χ4n) is 7.81. The Hall–Kier alpha value is -4.17. The largest absolute Gasteiger partial charge is 0.508 e. The highest BCUT2D eigenvalue weighted by Gasteiger charge is 2.23. The Labute approximate surface area is 403 Å². The Bertz CT molecular complexity index is 2150. The zero-order valence-corrected chi connectivity index (χ0v) is 39.7. The van der Waals surface area contributed by atoms with Crippen LogP contribution in [0.25, 0.3) is 0 Å². The van der Waals surface area contributed by atoms with Gasteiger partial charge in [0.15, 0.2) is 0 Å². The molecule has 1 aromatic heterocycles. The highest BCUT2D eigenvalue weighted by molar-refractivity contribution is 8.26. The maximum absolute atomic E-state index is 11.8. The lowest BCUT2D eigenvalue weighted by atomic mass is 9.94. The number of esters is 1. The van der Waals surface area contributed by atoms with Crippen LogP contribution in [0.3, 0.4) is 0 Å². The normalized spacial score (nSPS) is 13.8. The summed E-state index contributed by atoms with van der Waals surface area (Å²) in [6.45, 7) is 4.32. The number of carbonyl (C=O) groups excluding carboxylic acids is 1. The van der Waals surface area contributed by atoms with Gasteiger partial charge in [0.2, 0.25) is 9.23 Å². The summed E-state index contributed by atoms with van der Waals surface area (Å²) in [4.78, 5) is 26.7. The first-order valence-electron chi connectivity index (χ1n) is 21.4. The fourth-order valence-corrected chi connectivity index (χ4v) is 7.98. The van der Waals surface area contributed by atoms with E-state index in [4.69, 9.17) is 35.5 Å². The summed E-state index contributed by atoms with van der Waals surface area (Å²) >= 11 is 5.73. The molecule has 9 rings (SSSR count). The molecule has 0 bridgehead atoms. The lowest BCUT2D eigenvalue weighted by molar-refractivity contribution is -0.143. The van der Waals surface area contributed by atoms with Gasteiger partial charge in [0.1, 0.15) is 11.6 Å². The summed E-state index contributed by atoms with van der Waals surface area (Å²) in [6, 6.07) is 25.1. The molecule has 5 aromatic rings. The first-order valence-corrected chi connectivity index (χ1v) is 24.7. The zero-order chi connectivity index (χ0) is 45.6. The molecule has 65 heavy (non-hydrogen) atoms. The summed E-state index contributed by atoms with van der Waals surface area (Å²) < 4.78 is 20.9. The second-order valence-electron chi connectivity index (χ2n) is 15.4. The summed E-state index contributed by atoms with van der Waals surface area (Å²) in [5.41, 5.74) is 12.1. The second-order valence-corrected chi connectivity index (χ2v) is 18.2. The molecule has 1 unspecified atom stereocenters. The highest BCUT2D eigenvalue weighted by Crippen LogP contribution is 2.29. The van der Waals surface area contributed by atoms with Crippen LogP contribution in [0.15, 0.2) is 91.3 Å². The number of ether oxygens (including phenoxy) is 2. The number of nitrogens with zero attached hydrogens (tertiary/aromatic N) is 2. The van der Waals surface area contributed by atoms with E-state index in [1.807, 2.05) is 29.9 Å². The minimum absolute atomic E-state index is 0. The number of aryl methyl sites for hydroxylation is 7. The van der Waals surface area contributed by atoms with Crippen LogP contribution in [0.1, 0.15) is 125 Å². The molecule has 15 heteroatoms. The Balaban J connectivity index is 0.000000284. The average molecular weight is 969 g/mol. The van der Waals surface area contributed by atoms with Crippen molar-refractivity contribution in [1.82, 2.24) is 9.55 Å². The minimum atomic E-state index is -1.67. The van der Waals surface area contributed by atoms with Crippen LogP contribution in [0.2, 0.25) is 0 Å². The Morgan fingerprint density at radius 3 is 1.72 bits per heavy atom. The predicted molar refractivity (Wildman–Crippen MR) is 265 cm³/mol. The third-order valence-corrected chi connectivity index (χ3v) is 11.3. The molecule has 0 amide bonds. The number of carbonyl (C=O) groups is 2. The van der Waals surface area contributed by atoms with Crippen molar-refractivity contribution in [2.45, 2.75) is 110 Å². The van der Waals surface area contributed by atoms with Gasteiger partial charge in [0.05, 0.1) is 31.1 Å². The van der Waals surface area contributed by atoms with Crippen LogP contribution < -0.4 is 0 Å². The molecule has 0 saturated carbocycles. The number of aromatic hydroxyl groups is 1. The van der Waals surface area contributed by atoms with E-state index in [-0.39, 0.29) is 46.5 Å². The number of aliphatic hydroxyl groups is 1. The molecule has 4 aromatic carbocycles. The van der Waals surface area contributed by atoms with Crippen LogP contribution in [0.5, 0.6) is 5.75 Å². The van der Waals surface area contributed by atoms with Crippen LogP contribution in [0, 0.1) is 0 Å². The summed E-state index contributed by atoms with van der Waals surface area (Å²) in [5, 5.41) is 27.0. The molecular weight excluding hydrogens is 906 g/mol. The lowest BCUT2D eigenvalue weighted by Gasteiger charge is -2.16. The number of phenols is 1. The Morgan fingerprint density at radius 2 is 1.28 bits per heavy atom. The minimum Gasteiger partial charge on any atom is -0.508 e. The SMILES string of the molecule is C.C1CCOC1.CCOC(=O)CC(c1ccc(O)cc1)c1nccn1C.ClCc1ccc2c(c1)CCC2.O=C(O)c1ccc2c(c1)CCC2.O=S(Cl)Cl.OCc1ccc2c(c1)CCC2.[B]. The lowest BCUT2D eigenvalue weighted by Crippen LogP contribution is -2.14. The molecule has 1 atom stereocenters. The number of hydrogen-bond acceptors (Lipinski definition) is 8. The van der Waals surface area contributed by atoms with Gasteiger partial charge in [-0.25, -0.2) is 14.0 Å². The number of phenolic OH excluding ortho intramolecular Hbond substituents is 1. The van der Waals surface area contributed by atoms with Crippen LogP contribution in [-0.2, 0) is 81.6 Å². The van der Waals surface area contributed by atoms with E-state index in [2.05, 4.69) is 56.7 Å². The molecule has 4 aliphatic rings. The van der Waals surface area contributed by atoms with Crippen molar-refractivity contribution < 1.29 is 38.6 Å². The average Bonchev–Trinajstić information content (AvgIpc) is 4.15. The van der Waals surface area contributed by atoms with E-state index < -0.39 is 15.2 Å². The van der Waals surface area contributed by atoms with Gasteiger partial charge in [-0.15, -0.1) is 11.6 Å². The predicted octanol–water partition coefficient (Wildman–Crippen LogP) is 10.8. The standard InChI is InChI=1S/C15H18N2O3.C10H11Cl.C10H10O2.C10H12O.C4H8O.CH4.B.Cl2OS/c1-3-20-14(19)10-13(15-16-8-9-17(15)2)11-4-6-12(18)7-5-11;11-7-8-4-5-9-2-1-3-10(9)6-8;11-10(12)9-5-4-7-2-1-3-8(7)6-9;11-7-8-4-5-9-2-1-3-10(9)6-8;1-2-4-5-3-1;;;1-4(2)3/h4-9,13,18H,3,10H2,1-2H3;4-6H,1-3,7H2;4-6H,1-3H2,(H,11,12);4-6,11H,1-3,7H2;1-4H2;1H4;;. The molecule has 1 aliphatic heterocycles. The molecule has 1 saturated heterocycles. The van der Waals surface area contributed by atoms with E-state index in [1.165, 1.54) is 96.7 Å². The number of carboxylic acids is 1. The van der Waals surface area contributed by atoms with Gasteiger partial charge in [-0.2, -0.15) is 0 Å². The number of benzene rings is 4. The van der Waals surface area contributed by atoms with E-state index in [1.54, 1.807) is 49.5 Å². The number of aromatic nitrogens is 2. The van der Waals surface area contributed by atoms with Gasteiger partial charge in [-0.3, -0.25) is 4.79 Å². The van der Waals surface area contributed by atoms with Gasteiger partial charge in [0, 0.05) is 68.3 Å². The molecule has 3 radical (unpaired) electrons. The maximum Gasteiger partial charge on any atom is 0.335 e. The molecule has 1 fully saturated rings. The van der Waals surface area contributed by atoms with Crippen molar-refractivity contribution in [3.8, 4) is 5.75 Å². The molecule has 3 aliphatic carbocycles. The molecule has 2 heterocycles. The van der Waals surface area contributed by atoms with E-state index in [9.17, 15) is 14.7 Å². The number of halogens is 3. The zero-order valence-electron chi connectivity index (χ0n) is 36.7. The van der Waals surface area contributed by atoms with Crippen molar-refractivity contribution in [3.05, 3.63) is 153 Å². The smallest absolute Gasteiger partial charge is 0.335 e. The van der Waals surface area contributed by atoms with E-state index in [0.29, 0.717) is 18.1 Å². The highest BCUT2D eigenvalue weighted by atomic mass is 36.0. The third-order valence-electron chi connectivity index (χ3n) is 11.0. The number of imidazole rings is 1. The molecule has 3 N–H and O–H groups in total. The molecule has 10 nitrogen and oxygen atoms in total. The van der Waals surface area contributed by atoms with Crippen molar-refractivity contribution in [1.29, 1.82) is 0 Å². The van der Waals surface area contributed by atoms with Crippen molar-refractivity contribution in [3.63, 3.8) is 0 Å². The Kier molecular flexibility index (Phi) is 27.1. The summed E-state index contributed by atoms with van der Waals surface area (Å²) in [5.74, 6) is 0.368. The van der Waals surface area contributed by atoms with Gasteiger partial charge >= 0.3 is 11.9 Å². The van der Waals surface area contributed by atoms with Gasteiger partial charge < -0.3 is 29.4 Å². The molecule has 0 spiro atoms. The topological polar surface area (TPSA) is 148 Å². The first kappa shape index (κ1) is 57.0. The van der Waals surface area contributed by atoms with Crippen molar-refractivity contribution in [2.75, 3.05) is 19.8 Å². The second kappa shape index (κ2) is 30.9. The Morgan fingerprint density at radius 1 is 0.785 bits per heavy atom. The monoisotopic (exact) mass is 967 g/mol. The van der Waals surface area contributed by atoms with E-state index in [0.717, 1.165) is 43.0 Å².